The van der Waals surface area contributed by atoms with Crippen LogP contribution in [0.3, 0.4) is 0 Å². The van der Waals surface area contributed by atoms with Crippen molar-refractivity contribution in [3.05, 3.63) is 75.3 Å². The molecule has 1 atom stereocenters. The lowest BCUT2D eigenvalue weighted by molar-refractivity contribution is 0.192. The van der Waals surface area contributed by atoms with Crippen molar-refractivity contribution >= 4 is 16.6 Å². The molecule has 2 aliphatic rings. The molecule has 0 amide bonds. The molecule has 9 heteroatoms. The first kappa shape index (κ1) is 25.6. The molecule has 3 heterocycles. The van der Waals surface area contributed by atoms with Crippen molar-refractivity contribution in [1.29, 1.82) is 0 Å². The minimum atomic E-state index is -0.337. The summed E-state index contributed by atoms with van der Waals surface area (Å²) in [6.45, 7) is 7.30. The largest absolute Gasteiger partial charge is 0.495 e. The van der Waals surface area contributed by atoms with Crippen LogP contribution in [0.15, 0.2) is 47.3 Å². The number of benzene rings is 2. The first-order chi connectivity index (χ1) is 19.0. The van der Waals surface area contributed by atoms with Crippen molar-refractivity contribution in [2.75, 3.05) is 38.2 Å². The topological polar surface area (TPSA) is 92.2 Å². The molecule has 1 saturated carbocycles. The number of H-pyrrole nitrogens is 1. The van der Waals surface area contributed by atoms with Gasteiger partial charge in [-0.2, -0.15) is 0 Å². The summed E-state index contributed by atoms with van der Waals surface area (Å²) < 4.78 is 7.64. The zero-order valence-electron chi connectivity index (χ0n) is 23.1. The maximum atomic E-state index is 13.7. The van der Waals surface area contributed by atoms with Gasteiger partial charge in [0.25, 0.3) is 5.56 Å². The van der Waals surface area contributed by atoms with Crippen LogP contribution in [0.5, 0.6) is 5.75 Å². The second kappa shape index (κ2) is 10.8. The highest BCUT2D eigenvalue weighted by Gasteiger charge is 2.35. The summed E-state index contributed by atoms with van der Waals surface area (Å²) in [4.78, 5) is 21.6. The molecule has 1 N–H and O–H groups in total. The molecule has 1 saturated heterocycles. The summed E-state index contributed by atoms with van der Waals surface area (Å²) >= 11 is 0. The minimum absolute atomic E-state index is 0.0789. The zero-order chi connectivity index (χ0) is 26.9. The molecule has 0 unspecified atom stereocenters. The first-order valence-corrected chi connectivity index (χ1v) is 14.1. The predicted molar refractivity (Wildman–Crippen MR) is 153 cm³/mol. The fourth-order valence-electron chi connectivity index (χ4n) is 6.48. The number of para-hydroxylation sites is 2. The van der Waals surface area contributed by atoms with Crippen LogP contribution in [-0.2, 0) is 0 Å². The van der Waals surface area contributed by atoms with Crippen molar-refractivity contribution in [1.82, 2.24) is 30.1 Å². The summed E-state index contributed by atoms with van der Waals surface area (Å²) in [7, 11) is 1.71. The van der Waals surface area contributed by atoms with Crippen molar-refractivity contribution in [3.63, 3.8) is 0 Å². The molecular weight excluding hydrogens is 490 g/mol. The highest BCUT2D eigenvalue weighted by Crippen LogP contribution is 2.35. The van der Waals surface area contributed by atoms with Crippen LogP contribution in [0.25, 0.3) is 10.9 Å². The predicted octanol–water partition coefficient (Wildman–Crippen LogP) is 4.56. The average molecular weight is 528 g/mol. The number of nitrogens with one attached hydrogen (secondary N) is 1. The van der Waals surface area contributed by atoms with Crippen molar-refractivity contribution in [2.45, 2.75) is 58.0 Å². The lowest BCUT2D eigenvalue weighted by Crippen LogP contribution is -2.49. The van der Waals surface area contributed by atoms with E-state index in [9.17, 15) is 4.79 Å². The molecule has 9 nitrogen and oxygen atoms in total. The van der Waals surface area contributed by atoms with E-state index in [2.05, 4.69) is 61.5 Å². The van der Waals surface area contributed by atoms with Gasteiger partial charge in [-0.15, -0.1) is 5.10 Å². The van der Waals surface area contributed by atoms with Crippen LogP contribution >= 0.6 is 0 Å². The Hall–Kier alpha value is -3.72. The third kappa shape index (κ3) is 4.91. The van der Waals surface area contributed by atoms with Gasteiger partial charge < -0.3 is 14.6 Å². The van der Waals surface area contributed by atoms with E-state index in [1.165, 1.54) is 24.8 Å². The number of aromatic amines is 1. The van der Waals surface area contributed by atoms with Gasteiger partial charge in [-0.05, 0) is 72.3 Å². The Morgan fingerprint density at radius 2 is 1.77 bits per heavy atom. The molecule has 204 valence electrons. The van der Waals surface area contributed by atoms with Gasteiger partial charge in [-0.25, -0.2) is 4.68 Å². The quantitative estimate of drug-likeness (QED) is 0.393. The number of methoxy groups -OCH3 is 1. The molecule has 1 aliphatic carbocycles. The van der Waals surface area contributed by atoms with E-state index in [1.54, 1.807) is 7.11 Å². The molecule has 2 aromatic heterocycles. The molecule has 39 heavy (non-hydrogen) atoms. The number of rotatable bonds is 6. The molecule has 0 bridgehead atoms. The number of tetrazole rings is 1. The van der Waals surface area contributed by atoms with Gasteiger partial charge in [-0.1, -0.05) is 43.0 Å². The maximum Gasteiger partial charge on any atom is 0.253 e. The SMILES string of the molecule is COc1ccccc1N1CCN([C@H](c2cc3cc(C)cc(C)c3[nH]c2=O)c2nnnn2C2CCCCC2)CC1. The van der Waals surface area contributed by atoms with E-state index in [-0.39, 0.29) is 17.6 Å². The van der Waals surface area contributed by atoms with Crippen LogP contribution in [0.2, 0.25) is 0 Å². The summed E-state index contributed by atoms with van der Waals surface area (Å²) in [6, 6.07) is 14.4. The van der Waals surface area contributed by atoms with Gasteiger partial charge in [0.1, 0.15) is 11.8 Å². The summed E-state index contributed by atoms with van der Waals surface area (Å²) in [5.74, 6) is 1.64. The highest BCUT2D eigenvalue weighted by molar-refractivity contribution is 5.83. The fourth-order valence-corrected chi connectivity index (χ4v) is 6.48. The molecule has 0 spiro atoms. The molecule has 6 rings (SSSR count). The van der Waals surface area contributed by atoms with Crippen molar-refractivity contribution < 1.29 is 4.74 Å². The van der Waals surface area contributed by atoms with Gasteiger partial charge in [0.15, 0.2) is 5.82 Å². The number of hydrogen-bond donors (Lipinski definition) is 1. The molecule has 0 radical (unpaired) electrons. The van der Waals surface area contributed by atoms with E-state index >= 15 is 0 Å². The third-order valence-corrected chi connectivity index (χ3v) is 8.41. The Morgan fingerprint density at radius 1 is 1.00 bits per heavy atom. The monoisotopic (exact) mass is 527 g/mol. The third-order valence-electron chi connectivity index (χ3n) is 8.41. The van der Waals surface area contributed by atoms with Crippen LogP contribution in [0.4, 0.5) is 5.69 Å². The number of piperazine rings is 1. The van der Waals surface area contributed by atoms with E-state index in [1.807, 2.05) is 29.8 Å². The lowest BCUT2D eigenvalue weighted by Gasteiger charge is -2.40. The van der Waals surface area contributed by atoms with Gasteiger partial charge in [-0.3, -0.25) is 9.69 Å². The van der Waals surface area contributed by atoms with Crippen LogP contribution < -0.4 is 15.2 Å². The number of anilines is 1. The maximum absolute atomic E-state index is 13.7. The Kier molecular flexibility index (Phi) is 7.08. The van der Waals surface area contributed by atoms with E-state index in [0.717, 1.165) is 72.7 Å². The Bertz CT molecular complexity index is 1510. The van der Waals surface area contributed by atoms with Gasteiger partial charge >= 0.3 is 0 Å². The molecule has 1 aliphatic heterocycles. The molecule has 2 aromatic carbocycles. The zero-order valence-corrected chi connectivity index (χ0v) is 23.1. The number of pyridine rings is 1. The number of nitrogens with zero attached hydrogens (tertiary/aromatic N) is 6. The summed E-state index contributed by atoms with van der Waals surface area (Å²) in [5, 5.41) is 14.2. The Labute approximate surface area is 228 Å². The number of hydrogen-bond acceptors (Lipinski definition) is 7. The first-order valence-electron chi connectivity index (χ1n) is 14.1. The number of fused-ring (bicyclic) bond motifs is 1. The van der Waals surface area contributed by atoms with Crippen LogP contribution in [0, 0.1) is 13.8 Å². The standard InChI is InChI=1S/C30H37N7O2/c1-20-17-21(2)27-22(18-20)19-24(30(38)31-27)28(29-32-33-34-37(29)23-9-5-4-6-10-23)36-15-13-35(14-16-36)25-11-7-8-12-26(25)39-3/h7-8,11-12,17-19,23,28H,4-6,9-10,13-16H2,1-3H3,(H,31,38)/t28-/m1/s1. The highest BCUT2D eigenvalue weighted by atomic mass is 16.5. The number of ether oxygens (including phenoxy) is 1. The minimum Gasteiger partial charge on any atom is -0.495 e. The van der Waals surface area contributed by atoms with Crippen LogP contribution in [0.1, 0.15) is 66.7 Å². The Morgan fingerprint density at radius 3 is 2.54 bits per heavy atom. The van der Waals surface area contributed by atoms with Crippen molar-refractivity contribution in [3.8, 4) is 5.75 Å². The van der Waals surface area contributed by atoms with Crippen molar-refractivity contribution in [2.24, 2.45) is 0 Å². The summed E-state index contributed by atoms with van der Waals surface area (Å²) in [6.07, 6.45) is 5.76. The molecule has 2 fully saturated rings. The Balaban J connectivity index is 1.40. The lowest BCUT2D eigenvalue weighted by atomic mass is 9.95. The van der Waals surface area contributed by atoms with E-state index in [0.29, 0.717) is 5.56 Å². The van der Waals surface area contributed by atoms with E-state index < -0.39 is 0 Å². The molecule has 4 aromatic rings. The van der Waals surface area contributed by atoms with E-state index in [4.69, 9.17) is 4.74 Å². The molecular formula is C30H37N7O2. The summed E-state index contributed by atoms with van der Waals surface area (Å²) in [5.41, 5.74) is 4.85. The number of aromatic nitrogens is 5. The van der Waals surface area contributed by atoms with Gasteiger partial charge in [0.2, 0.25) is 0 Å². The second-order valence-electron chi connectivity index (χ2n) is 11.0. The van der Waals surface area contributed by atoms with Crippen LogP contribution in [-0.4, -0.2) is 63.4 Å². The smallest absolute Gasteiger partial charge is 0.253 e. The average Bonchev–Trinajstić information content (AvgIpc) is 3.44. The van der Waals surface area contributed by atoms with Gasteiger partial charge in [0, 0.05) is 31.7 Å². The van der Waals surface area contributed by atoms with Gasteiger partial charge in [0.05, 0.1) is 24.4 Å². The second-order valence-corrected chi connectivity index (χ2v) is 11.0. The number of aryl methyl sites for hydroxylation is 2. The fraction of sp³-hybridized carbons (Fsp3) is 0.467. The normalized spacial score (nSPS) is 18.0.